The molecule has 0 saturated carbocycles. The average molecular weight is 369 g/mol. The Hall–Kier alpha value is -2.75. The number of alkyl halides is 3. The van der Waals surface area contributed by atoms with Crippen LogP contribution in [-0.4, -0.2) is 22.6 Å². The van der Waals surface area contributed by atoms with Crippen LogP contribution in [0.4, 0.5) is 19.0 Å². The first-order valence-electron chi connectivity index (χ1n) is 6.82. The first-order valence-corrected chi connectivity index (χ1v) is 8.04. The van der Waals surface area contributed by atoms with Crippen molar-refractivity contribution in [3.8, 4) is 5.69 Å². The van der Waals surface area contributed by atoms with Crippen LogP contribution in [0.15, 0.2) is 34.0 Å². The lowest BCUT2D eigenvalue weighted by Crippen LogP contribution is -2.26. The summed E-state index contributed by atoms with van der Waals surface area (Å²) in [6.45, 7) is 0. The zero-order chi connectivity index (χ0) is 18.5. The highest BCUT2D eigenvalue weighted by molar-refractivity contribution is 7.98. The summed E-state index contributed by atoms with van der Waals surface area (Å²) < 4.78 is 40.9. The molecule has 0 radical (unpaired) electrons. The van der Waals surface area contributed by atoms with Crippen LogP contribution in [0.3, 0.4) is 0 Å². The first kappa shape index (κ1) is 17.1. The minimum absolute atomic E-state index is 0.252. The topological polar surface area (TPSA) is 94.2 Å². The van der Waals surface area contributed by atoms with Gasteiger partial charge < -0.3 is 5.73 Å². The molecule has 1 aromatic carbocycles. The Kier molecular flexibility index (Phi) is 3.87. The lowest BCUT2D eigenvalue weighted by molar-refractivity contribution is -0.137. The number of nitrogens with zero attached hydrogens (tertiary/aromatic N) is 1. The number of hydrogen-bond acceptors (Lipinski definition) is 5. The summed E-state index contributed by atoms with van der Waals surface area (Å²) >= 11 is 1.10. The minimum atomic E-state index is -4.75. The van der Waals surface area contributed by atoms with Crippen LogP contribution in [-0.2, 0) is 6.18 Å². The second-order valence-corrected chi connectivity index (χ2v) is 6.04. The molecule has 10 heteroatoms. The number of imide groups is 1. The van der Waals surface area contributed by atoms with Gasteiger partial charge in [0.15, 0.2) is 0 Å². The zero-order valence-corrected chi connectivity index (χ0v) is 13.4. The molecule has 0 atom stereocenters. The van der Waals surface area contributed by atoms with Crippen molar-refractivity contribution in [1.82, 2.24) is 9.88 Å². The molecule has 1 aliphatic rings. The molecule has 25 heavy (non-hydrogen) atoms. The summed E-state index contributed by atoms with van der Waals surface area (Å²) in [6, 6.07) is 4.20. The van der Waals surface area contributed by atoms with Crippen LogP contribution in [0.1, 0.15) is 26.3 Å². The molecule has 2 amide bonds. The van der Waals surface area contributed by atoms with E-state index in [1.807, 2.05) is 5.32 Å². The number of aromatic nitrogens is 1. The molecule has 130 valence electrons. The van der Waals surface area contributed by atoms with E-state index in [0.29, 0.717) is 9.46 Å². The Morgan fingerprint density at radius 1 is 1.12 bits per heavy atom. The van der Waals surface area contributed by atoms with Gasteiger partial charge in [-0.3, -0.25) is 24.3 Å². The third kappa shape index (κ3) is 2.68. The maximum atomic E-state index is 13.4. The number of thioether (sulfide) groups is 1. The number of nitrogens with one attached hydrogen (secondary N) is 1. The highest BCUT2D eigenvalue weighted by Gasteiger charge is 2.37. The van der Waals surface area contributed by atoms with Gasteiger partial charge in [0.25, 0.3) is 17.4 Å². The van der Waals surface area contributed by atoms with Gasteiger partial charge in [0.1, 0.15) is 5.82 Å². The quantitative estimate of drug-likeness (QED) is 0.624. The number of rotatable bonds is 2. The molecular formula is C15H10F3N3O3S. The number of carbonyl (C=O) groups excluding carboxylic acids is 2. The number of halogens is 3. The van der Waals surface area contributed by atoms with Crippen LogP contribution < -0.4 is 16.6 Å². The Morgan fingerprint density at radius 2 is 1.80 bits per heavy atom. The Bertz CT molecular complexity index is 982. The number of amides is 2. The monoisotopic (exact) mass is 369 g/mol. The molecule has 3 rings (SSSR count). The lowest BCUT2D eigenvalue weighted by Gasteiger charge is -2.18. The van der Waals surface area contributed by atoms with Crippen molar-refractivity contribution in [1.29, 1.82) is 0 Å². The second-order valence-electron chi connectivity index (χ2n) is 5.16. The first-order chi connectivity index (χ1) is 11.6. The highest BCUT2D eigenvalue weighted by Crippen LogP contribution is 2.37. The second kappa shape index (κ2) is 5.66. The average Bonchev–Trinajstić information content (AvgIpc) is 2.80. The summed E-state index contributed by atoms with van der Waals surface area (Å²) in [5.41, 5.74) is 2.69. The van der Waals surface area contributed by atoms with Crippen molar-refractivity contribution in [2.24, 2.45) is 0 Å². The molecule has 2 heterocycles. The largest absolute Gasteiger partial charge is 0.418 e. The number of nitrogen functional groups attached to an aromatic ring is 1. The predicted molar refractivity (Wildman–Crippen MR) is 85.0 cm³/mol. The predicted octanol–water partition coefficient (Wildman–Crippen LogP) is 2.04. The fraction of sp³-hybridized carbons (Fsp3) is 0.133. The zero-order valence-electron chi connectivity index (χ0n) is 12.6. The Balaban J connectivity index is 2.36. The number of hydrogen-bond donors (Lipinski definition) is 2. The van der Waals surface area contributed by atoms with E-state index in [2.05, 4.69) is 0 Å². The highest BCUT2D eigenvalue weighted by atomic mass is 32.2. The van der Waals surface area contributed by atoms with E-state index in [1.165, 1.54) is 6.07 Å². The lowest BCUT2D eigenvalue weighted by atomic mass is 10.1. The van der Waals surface area contributed by atoms with Gasteiger partial charge in [-0.1, -0.05) is 0 Å². The summed E-state index contributed by atoms with van der Waals surface area (Å²) in [5, 5.41) is 1.96. The smallest absolute Gasteiger partial charge is 0.384 e. The van der Waals surface area contributed by atoms with Crippen molar-refractivity contribution < 1.29 is 22.8 Å². The van der Waals surface area contributed by atoms with Gasteiger partial charge in [-0.25, -0.2) is 0 Å². The third-order valence-corrected chi connectivity index (χ3v) is 4.43. The van der Waals surface area contributed by atoms with Gasteiger partial charge in [0.2, 0.25) is 0 Å². The third-order valence-electron chi connectivity index (χ3n) is 3.70. The van der Waals surface area contributed by atoms with Crippen molar-refractivity contribution in [3.05, 3.63) is 51.3 Å². The van der Waals surface area contributed by atoms with E-state index < -0.39 is 40.6 Å². The van der Waals surface area contributed by atoms with Crippen LogP contribution >= 0.6 is 11.8 Å². The number of benzene rings is 1. The van der Waals surface area contributed by atoms with Gasteiger partial charge >= 0.3 is 6.18 Å². The van der Waals surface area contributed by atoms with E-state index in [-0.39, 0.29) is 11.1 Å². The molecule has 0 unspecified atom stereocenters. The molecule has 0 fully saturated rings. The summed E-state index contributed by atoms with van der Waals surface area (Å²) in [5.74, 6) is -2.20. The van der Waals surface area contributed by atoms with Gasteiger partial charge in [-0.2, -0.15) is 13.2 Å². The molecule has 6 nitrogen and oxygen atoms in total. The van der Waals surface area contributed by atoms with Crippen LogP contribution in [0.25, 0.3) is 5.69 Å². The number of carbonyl (C=O) groups is 2. The van der Waals surface area contributed by atoms with Gasteiger partial charge in [-0.05, 0) is 24.5 Å². The fourth-order valence-corrected chi connectivity index (χ4v) is 3.03. The summed E-state index contributed by atoms with van der Waals surface area (Å²) in [7, 11) is 0. The molecule has 3 N–H and O–H groups in total. The normalized spacial score (nSPS) is 13.8. The minimum Gasteiger partial charge on any atom is -0.384 e. The molecule has 2 aromatic rings. The molecular weight excluding hydrogens is 359 g/mol. The van der Waals surface area contributed by atoms with Crippen LogP contribution in [0.5, 0.6) is 0 Å². The molecule has 0 bridgehead atoms. The summed E-state index contributed by atoms with van der Waals surface area (Å²) in [6.07, 6.45) is -3.13. The van der Waals surface area contributed by atoms with Crippen molar-refractivity contribution in [2.45, 2.75) is 11.1 Å². The molecule has 0 aliphatic carbocycles. The fourth-order valence-electron chi connectivity index (χ4n) is 2.59. The summed E-state index contributed by atoms with van der Waals surface area (Å²) in [4.78, 5) is 36.1. The maximum Gasteiger partial charge on any atom is 0.418 e. The number of nitrogens with two attached hydrogens (primary N) is 1. The molecule has 0 spiro atoms. The maximum absolute atomic E-state index is 13.4. The van der Waals surface area contributed by atoms with Crippen LogP contribution in [0.2, 0.25) is 0 Å². The number of fused-ring (bicyclic) bond motifs is 1. The SMILES string of the molecule is CSc1ccc(-n2c(N)c3c(cc2=O)C(=O)NC3=O)c(C(F)(F)F)c1. The molecule has 0 saturated heterocycles. The van der Waals surface area contributed by atoms with E-state index >= 15 is 0 Å². The number of pyridine rings is 1. The molecule has 1 aliphatic heterocycles. The van der Waals surface area contributed by atoms with E-state index in [4.69, 9.17) is 5.73 Å². The van der Waals surface area contributed by atoms with Gasteiger partial charge in [0, 0.05) is 11.0 Å². The van der Waals surface area contributed by atoms with Gasteiger partial charge in [0.05, 0.1) is 22.4 Å². The van der Waals surface area contributed by atoms with E-state index in [1.54, 1.807) is 6.26 Å². The van der Waals surface area contributed by atoms with Crippen molar-refractivity contribution >= 4 is 29.4 Å². The van der Waals surface area contributed by atoms with Crippen molar-refractivity contribution in [2.75, 3.05) is 12.0 Å². The molecule has 1 aromatic heterocycles. The van der Waals surface area contributed by atoms with Gasteiger partial charge in [-0.15, -0.1) is 11.8 Å². The van der Waals surface area contributed by atoms with E-state index in [0.717, 1.165) is 30.0 Å². The number of anilines is 1. The van der Waals surface area contributed by atoms with Crippen LogP contribution in [0, 0.1) is 0 Å². The van der Waals surface area contributed by atoms with Crippen molar-refractivity contribution in [3.63, 3.8) is 0 Å². The Labute approximate surface area is 142 Å². The Morgan fingerprint density at radius 3 is 2.40 bits per heavy atom. The standard InChI is InChI=1S/C15H10F3N3O3S/c1-25-6-2-3-9(8(4-6)15(16,17)18)21-10(22)5-7-11(12(21)19)14(24)20-13(7)23/h2-5H,19H2,1H3,(H,20,23,24). The van der Waals surface area contributed by atoms with E-state index in [9.17, 15) is 27.6 Å².